The molecule has 1 aliphatic heterocycles. The summed E-state index contributed by atoms with van der Waals surface area (Å²) < 4.78 is 0. The highest BCUT2D eigenvalue weighted by Gasteiger charge is 2.45. The molecule has 2 fully saturated rings. The molecule has 2 heteroatoms. The highest BCUT2D eigenvalue weighted by atomic mass is 16.2. The third-order valence-corrected chi connectivity index (χ3v) is 5.19. The minimum absolute atomic E-state index is 0.407. The number of rotatable bonds is 5. The van der Waals surface area contributed by atoms with Gasteiger partial charge >= 0.3 is 0 Å². The van der Waals surface area contributed by atoms with Crippen LogP contribution in [0.2, 0.25) is 0 Å². The topological polar surface area (TPSA) is 20.3 Å². The van der Waals surface area contributed by atoms with Crippen molar-refractivity contribution in [2.75, 3.05) is 13.1 Å². The number of unbranched alkanes of at least 4 members (excludes halogenated alkanes) is 2. The van der Waals surface area contributed by atoms with Gasteiger partial charge in [0.2, 0.25) is 5.91 Å². The number of hydrogen-bond acceptors (Lipinski definition) is 1. The quantitative estimate of drug-likeness (QED) is 0.676. The third-order valence-electron chi connectivity index (χ3n) is 5.19. The van der Waals surface area contributed by atoms with E-state index in [1.165, 1.54) is 44.9 Å². The second-order valence-electron chi connectivity index (χ2n) is 6.52. The van der Waals surface area contributed by atoms with Crippen LogP contribution in [0.15, 0.2) is 0 Å². The fraction of sp³-hybridized carbons (Fsp3) is 0.938. The molecule has 0 N–H and O–H groups in total. The van der Waals surface area contributed by atoms with Gasteiger partial charge in [-0.05, 0) is 43.4 Å². The van der Waals surface area contributed by atoms with E-state index in [-0.39, 0.29) is 0 Å². The number of hydrogen-bond donors (Lipinski definition) is 0. The summed E-state index contributed by atoms with van der Waals surface area (Å²) in [7, 11) is 0. The number of nitrogens with zero attached hydrogens (tertiary/aromatic N) is 1. The SMILES string of the molecule is CCCCCC(=O)N1CCC2(CC1)CC(CC)C2. The second-order valence-corrected chi connectivity index (χ2v) is 6.52. The molecule has 0 aromatic rings. The van der Waals surface area contributed by atoms with Crippen LogP contribution in [-0.2, 0) is 4.79 Å². The van der Waals surface area contributed by atoms with Crippen molar-refractivity contribution in [3.05, 3.63) is 0 Å². The van der Waals surface area contributed by atoms with Crippen LogP contribution in [0.25, 0.3) is 0 Å². The van der Waals surface area contributed by atoms with Crippen LogP contribution in [0.3, 0.4) is 0 Å². The van der Waals surface area contributed by atoms with Gasteiger partial charge in [0.05, 0.1) is 0 Å². The molecule has 2 aliphatic rings. The first-order valence-corrected chi connectivity index (χ1v) is 7.97. The Labute approximate surface area is 112 Å². The average molecular weight is 251 g/mol. The summed E-state index contributed by atoms with van der Waals surface area (Å²) in [5.41, 5.74) is 0.640. The summed E-state index contributed by atoms with van der Waals surface area (Å²) in [6, 6.07) is 0. The van der Waals surface area contributed by atoms with Crippen LogP contribution < -0.4 is 0 Å². The molecule has 1 aliphatic carbocycles. The van der Waals surface area contributed by atoms with Crippen LogP contribution in [-0.4, -0.2) is 23.9 Å². The lowest BCUT2D eigenvalue weighted by Gasteiger charge is -2.52. The van der Waals surface area contributed by atoms with Crippen LogP contribution in [0.1, 0.15) is 71.6 Å². The van der Waals surface area contributed by atoms with Gasteiger partial charge in [-0.15, -0.1) is 0 Å². The van der Waals surface area contributed by atoms with Crippen molar-refractivity contribution in [1.29, 1.82) is 0 Å². The Morgan fingerprint density at radius 1 is 1.17 bits per heavy atom. The predicted octanol–water partition coefficient (Wildman–Crippen LogP) is 4.00. The van der Waals surface area contributed by atoms with Gasteiger partial charge in [-0.25, -0.2) is 0 Å². The molecule has 0 unspecified atom stereocenters. The van der Waals surface area contributed by atoms with E-state index in [1.54, 1.807) is 0 Å². The molecule has 104 valence electrons. The number of carbonyl (C=O) groups excluding carboxylic acids is 1. The van der Waals surface area contributed by atoms with Crippen molar-refractivity contribution in [2.24, 2.45) is 11.3 Å². The molecule has 0 radical (unpaired) electrons. The number of likely N-dealkylation sites (tertiary alicyclic amines) is 1. The van der Waals surface area contributed by atoms with Gasteiger partial charge in [0.15, 0.2) is 0 Å². The van der Waals surface area contributed by atoms with E-state index < -0.39 is 0 Å². The highest BCUT2D eigenvalue weighted by Crippen LogP contribution is 2.53. The molecular formula is C16H29NO. The Balaban J connectivity index is 1.69. The number of piperidine rings is 1. The van der Waals surface area contributed by atoms with Crippen LogP contribution in [0.4, 0.5) is 0 Å². The van der Waals surface area contributed by atoms with Gasteiger partial charge in [-0.3, -0.25) is 4.79 Å². The van der Waals surface area contributed by atoms with Crippen molar-refractivity contribution in [2.45, 2.75) is 71.6 Å². The molecule has 1 saturated heterocycles. The summed E-state index contributed by atoms with van der Waals surface area (Å²) in [4.78, 5) is 14.2. The van der Waals surface area contributed by atoms with Crippen molar-refractivity contribution < 1.29 is 4.79 Å². The minimum Gasteiger partial charge on any atom is -0.343 e. The summed E-state index contributed by atoms with van der Waals surface area (Å²) in [5, 5.41) is 0. The highest BCUT2D eigenvalue weighted by molar-refractivity contribution is 5.76. The molecule has 1 heterocycles. The van der Waals surface area contributed by atoms with Crippen LogP contribution >= 0.6 is 0 Å². The van der Waals surface area contributed by atoms with Crippen LogP contribution in [0, 0.1) is 11.3 Å². The van der Waals surface area contributed by atoms with E-state index in [2.05, 4.69) is 18.7 Å². The molecule has 18 heavy (non-hydrogen) atoms. The lowest BCUT2D eigenvalue weighted by Crippen LogP contribution is -2.48. The van der Waals surface area contributed by atoms with Gasteiger partial charge in [0.25, 0.3) is 0 Å². The molecule has 1 saturated carbocycles. The Hall–Kier alpha value is -0.530. The summed E-state index contributed by atoms with van der Waals surface area (Å²) in [6.07, 6.45) is 11.0. The monoisotopic (exact) mass is 251 g/mol. The lowest BCUT2D eigenvalue weighted by atomic mass is 9.57. The van der Waals surface area contributed by atoms with E-state index in [0.717, 1.165) is 31.8 Å². The standard InChI is InChI=1S/C16H29NO/c1-3-5-6-7-15(18)17-10-8-16(9-11-17)12-14(4-2)13-16/h14H,3-13H2,1-2H3. The third kappa shape index (κ3) is 3.07. The molecule has 1 spiro atoms. The summed E-state index contributed by atoms with van der Waals surface area (Å²) in [5.74, 6) is 1.39. The molecule has 2 rings (SSSR count). The molecule has 0 aromatic heterocycles. The van der Waals surface area contributed by atoms with Gasteiger partial charge < -0.3 is 4.90 Å². The fourth-order valence-corrected chi connectivity index (χ4v) is 3.78. The van der Waals surface area contributed by atoms with E-state index in [4.69, 9.17) is 0 Å². The van der Waals surface area contributed by atoms with Crippen LogP contribution in [0.5, 0.6) is 0 Å². The Morgan fingerprint density at radius 2 is 1.83 bits per heavy atom. The maximum absolute atomic E-state index is 12.0. The van der Waals surface area contributed by atoms with Crippen molar-refractivity contribution in [1.82, 2.24) is 4.90 Å². The molecule has 2 nitrogen and oxygen atoms in total. The zero-order chi connectivity index (χ0) is 13.0. The first kappa shape index (κ1) is 13.9. The van der Waals surface area contributed by atoms with E-state index in [9.17, 15) is 4.79 Å². The average Bonchev–Trinajstić information content (AvgIpc) is 2.36. The predicted molar refractivity (Wildman–Crippen MR) is 75.4 cm³/mol. The van der Waals surface area contributed by atoms with E-state index in [1.807, 2.05) is 0 Å². The maximum Gasteiger partial charge on any atom is 0.222 e. The molecule has 0 aromatic carbocycles. The van der Waals surface area contributed by atoms with Gasteiger partial charge in [-0.1, -0.05) is 33.1 Å². The summed E-state index contributed by atoms with van der Waals surface area (Å²) in [6.45, 7) is 6.56. The fourth-order valence-electron chi connectivity index (χ4n) is 3.78. The molecule has 1 amide bonds. The molecule has 0 bridgehead atoms. The summed E-state index contributed by atoms with van der Waals surface area (Å²) >= 11 is 0. The van der Waals surface area contributed by atoms with Crippen molar-refractivity contribution in [3.8, 4) is 0 Å². The van der Waals surface area contributed by atoms with Gasteiger partial charge in [0.1, 0.15) is 0 Å². The van der Waals surface area contributed by atoms with E-state index >= 15 is 0 Å². The molecule has 0 atom stereocenters. The van der Waals surface area contributed by atoms with Crippen molar-refractivity contribution >= 4 is 5.91 Å². The Morgan fingerprint density at radius 3 is 2.39 bits per heavy atom. The van der Waals surface area contributed by atoms with E-state index in [0.29, 0.717) is 11.3 Å². The lowest BCUT2D eigenvalue weighted by molar-refractivity contribution is -0.135. The second kappa shape index (κ2) is 6.08. The number of carbonyl (C=O) groups is 1. The Kier molecular flexibility index (Phi) is 4.69. The first-order valence-electron chi connectivity index (χ1n) is 7.97. The van der Waals surface area contributed by atoms with Gasteiger partial charge in [0, 0.05) is 19.5 Å². The Bertz CT molecular complexity index is 271. The normalized spacial score (nSPS) is 23.1. The minimum atomic E-state index is 0.407. The number of amides is 1. The smallest absolute Gasteiger partial charge is 0.222 e. The molecular weight excluding hydrogens is 222 g/mol. The zero-order valence-corrected chi connectivity index (χ0v) is 12.2. The van der Waals surface area contributed by atoms with Crippen molar-refractivity contribution in [3.63, 3.8) is 0 Å². The zero-order valence-electron chi connectivity index (χ0n) is 12.2. The van der Waals surface area contributed by atoms with Gasteiger partial charge in [-0.2, -0.15) is 0 Å². The maximum atomic E-state index is 12.0. The first-order chi connectivity index (χ1) is 8.69. The largest absolute Gasteiger partial charge is 0.343 e.